The summed E-state index contributed by atoms with van der Waals surface area (Å²) in [6, 6.07) is 124. The predicted molar refractivity (Wildman–Crippen MR) is 397 cm³/mol. The maximum absolute atomic E-state index is 2.48. The molecule has 15 aromatic carbocycles. The summed E-state index contributed by atoms with van der Waals surface area (Å²) >= 11 is 3.71. The molecule has 6 nitrogen and oxygen atoms in total. The van der Waals surface area contributed by atoms with Crippen molar-refractivity contribution in [2.75, 3.05) is 19.6 Å². The van der Waals surface area contributed by atoms with E-state index in [1.54, 1.807) is 0 Å². The third-order valence-electron chi connectivity index (χ3n) is 18.7. The molecule has 4 heterocycles. The maximum Gasteiger partial charge on any atom is 0.0622 e. The predicted octanol–water partition coefficient (Wildman–Crippen LogP) is 25.0. The van der Waals surface area contributed by atoms with Crippen LogP contribution in [-0.2, 0) is 0 Å². The second-order valence-electron chi connectivity index (χ2n) is 24.2. The number of benzene rings is 15. The van der Waals surface area contributed by atoms with E-state index in [0.717, 1.165) is 79.3 Å². The molecule has 2 aliphatic heterocycles. The molecular weight excluding hydrogens is 1180 g/mol. The van der Waals surface area contributed by atoms with Gasteiger partial charge in [-0.3, -0.25) is 0 Å². The first kappa shape index (κ1) is 54.1. The molecule has 2 aliphatic rings. The first-order chi connectivity index (χ1) is 46.6. The van der Waals surface area contributed by atoms with Gasteiger partial charge in [-0.25, -0.2) is 0 Å². The topological polar surface area (TPSA) is 22.8 Å². The van der Waals surface area contributed by atoms with Gasteiger partial charge in [0.15, 0.2) is 0 Å². The Morgan fingerprint density at radius 1 is 0.202 bits per heavy atom. The van der Waals surface area contributed by atoms with Crippen molar-refractivity contribution >= 4 is 157 Å². The fourth-order valence-electron chi connectivity index (χ4n) is 14.5. The average molecular weight is 1240 g/mol. The Morgan fingerprint density at radius 3 is 0.926 bits per heavy atom. The van der Waals surface area contributed by atoms with Gasteiger partial charge in [0.25, 0.3) is 0 Å². The normalized spacial score (nSPS) is 12.6. The SMILES string of the molecule is c1ccc(N(c2ccccc2)c2ccc(-n3c4ccccc4c4cc5c(cc43)N(c3ccc4cc6cc(N7c8ccccc8Sc8cc9c%10ccccc%10n(-c%10ccc(N(c%11ccccc%11)c%11ccccc%11)cc%10)c9cc87)ccc6cc4c3)c3ccccc3S5)cc2)cc1. The van der Waals surface area contributed by atoms with Crippen molar-refractivity contribution < 1.29 is 0 Å². The first-order valence-corrected chi connectivity index (χ1v) is 33.5. The Hall–Kier alpha value is -11.7. The Bertz CT molecular complexity index is 5370. The van der Waals surface area contributed by atoms with Crippen molar-refractivity contribution in [1.82, 2.24) is 9.13 Å². The van der Waals surface area contributed by atoms with Crippen LogP contribution in [-0.4, -0.2) is 9.13 Å². The fraction of sp³-hybridized carbons (Fsp3) is 0. The summed E-state index contributed by atoms with van der Waals surface area (Å²) in [6.45, 7) is 0. The maximum atomic E-state index is 2.48. The van der Waals surface area contributed by atoms with Gasteiger partial charge in [0.1, 0.15) is 0 Å². The van der Waals surface area contributed by atoms with E-state index in [1.165, 1.54) is 85.1 Å². The summed E-state index contributed by atoms with van der Waals surface area (Å²) in [4.78, 5) is 14.5. The van der Waals surface area contributed by atoms with Crippen molar-refractivity contribution in [2.24, 2.45) is 0 Å². The van der Waals surface area contributed by atoms with E-state index in [0.29, 0.717) is 0 Å². The monoisotopic (exact) mass is 1240 g/mol. The summed E-state index contributed by atoms with van der Waals surface area (Å²) in [5, 5.41) is 9.67. The molecule has 0 fully saturated rings. The third kappa shape index (κ3) is 8.90. The second kappa shape index (κ2) is 22.0. The lowest BCUT2D eigenvalue weighted by Crippen LogP contribution is -2.15. The zero-order valence-electron chi connectivity index (χ0n) is 50.8. The van der Waals surface area contributed by atoms with E-state index in [-0.39, 0.29) is 0 Å². The molecule has 442 valence electrons. The average Bonchev–Trinajstić information content (AvgIpc) is 1.40. The van der Waals surface area contributed by atoms with Crippen LogP contribution in [0, 0.1) is 0 Å². The van der Waals surface area contributed by atoms with Crippen LogP contribution >= 0.6 is 23.5 Å². The molecule has 0 unspecified atom stereocenters. The molecule has 0 N–H and O–H groups in total. The van der Waals surface area contributed by atoms with Crippen LogP contribution in [0.25, 0.3) is 76.5 Å². The second-order valence-corrected chi connectivity index (χ2v) is 26.3. The Kier molecular flexibility index (Phi) is 12.7. The summed E-state index contributed by atoms with van der Waals surface area (Å²) in [5.74, 6) is 0. The molecule has 17 aromatic rings. The molecule has 19 rings (SSSR count). The van der Waals surface area contributed by atoms with Crippen LogP contribution in [0.15, 0.2) is 359 Å². The summed E-state index contributed by atoms with van der Waals surface area (Å²) < 4.78 is 4.89. The van der Waals surface area contributed by atoms with E-state index in [9.17, 15) is 0 Å². The van der Waals surface area contributed by atoms with Crippen LogP contribution in [0.4, 0.5) is 68.2 Å². The Morgan fingerprint density at radius 2 is 0.532 bits per heavy atom. The summed E-state index contributed by atoms with van der Waals surface area (Å²) in [7, 11) is 0. The molecule has 94 heavy (non-hydrogen) atoms. The first-order valence-electron chi connectivity index (χ1n) is 31.9. The van der Waals surface area contributed by atoms with E-state index in [4.69, 9.17) is 0 Å². The molecule has 8 heteroatoms. The minimum Gasteiger partial charge on any atom is -0.311 e. The van der Waals surface area contributed by atoms with Gasteiger partial charge in [-0.05, 0) is 216 Å². The van der Waals surface area contributed by atoms with Crippen molar-refractivity contribution in [3.8, 4) is 11.4 Å². The molecule has 0 atom stereocenters. The number of hydrogen-bond acceptors (Lipinski definition) is 6. The molecule has 2 aromatic heterocycles. The van der Waals surface area contributed by atoms with Gasteiger partial charge in [0.2, 0.25) is 0 Å². The quantitative estimate of drug-likeness (QED) is 0.126. The van der Waals surface area contributed by atoms with Crippen LogP contribution in [0.5, 0.6) is 0 Å². The number of nitrogens with zero attached hydrogens (tertiary/aromatic N) is 6. The Labute approximate surface area is 552 Å². The van der Waals surface area contributed by atoms with Gasteiger partial charge in [-0.2, -0.15) is 0 Å². The highest BCUT2D eigenvalue weighted by Crippen LogP contribution is 2.56. The number of rotatable bonds is 10. The van der Waals surface area contributed by atoms with Gasteiger partial charge in [-0.1, -0.05) is 169 Å². The van der Waals surface area contributed by atoms with E-state index in [1.807, 2.05) is 23.5 Å². The van der Waals surface area contributed by atoms with Gasteiger partial charge < -0.3 is 28.7 Å². The van der Waals surface area contributed by atoms with Crippen molar-refractivity contribution in [3.63, 3.8) is 0 Å². The van der Waals surface area contributed by atoms with Crippen LogP contribution in [0.1, 0.15) is 0 Å². The highest BCUT2D eigenvalue weighted by molar-refractivity contribution is 8.00. The minimum absolute atomic E-state index is 1.09. The number of anilines is 12. The summed E-state index contributed by atoms with van der Waals surface area (Å²) in [5.41, 5.74) is 20.4. The van der Waals surface area contributed by atoms with Gasteiger partial charge in [0.05, 0.1) is 44.8 Å². The standard InChI is InChI=1S/C86H56N6S2/c1-5-21-61(22-6-1)87(62-23-7-2-8-24-62)65-41-45-67(46-42-65)89-75-31-15-13-29-71(75)73-53-85-81(55-79(73)89)91(77-33-17-19-35-83(77)93-85)69-39-37-57-50-60-52-70(40-38-58(60)49-59(57)51-69)92-78-34-18-20-36-84(78)94-86-54-74-72-30-14-16-32-76(72)90(80(74)56-82(86)92)68-47-43-66(44-48-68)88(63-25-9-3-10-26-63)64-27-11-4-12-28-64/h1-56H. The fourth-order valence-corrected chi connectivity index (χ4v) is 16.7. The molecular formula is C86H56N6S2. The molecule has 0 saturated heterocycles. The lowest BCUT2D eigenvalue weighted by molar-refractivity contribution is 1.15. The third-order valence-corrected chi connectivity index (χ3v) is 20.9. The number of fused-ring (bicyclic) bond motifs is 12. The number of hydrogen-bond donors (Lipinski definition) is 0. The van der Waals surface area contributed by atoms with E-state index < -0.39 is 0 Å². The smallest absolute Gasteiger partial charge is 0.0622 e. The van der Waals surface area contributed by atoms with Gasteiger partial charge in [-0.15, -0.1) is 0 Å². The molecule has 0 aliphatic carbocycles. The largest absolute Gasteiger partial charge is 0.311 e. The van der Waals surface area contributed by atoms with E-state index in [2.05, 4.69) is 368 Å². The van der Waals surface area contributed by atoms with Gasteiger partial charge in [0, 0.05) is 98.0 Å². The Balaban J connectivity index is 0.701. The molecule has 0 bridgehead atoms. The number of aromatic nitrogens is 2. The van der Waals surface area contributed by atoms with Crippen LogP contribution in [0.2, 0.25) is 0 Å². The lowest BCUT2D eigenvalue weighted by Gasteiger charge is -2.33. The van der Waals surface area contributed by atoms with Crippen molar-refractivity contribution in [3.05, 3.63) is 340 Å². The zero-order chi connectivity index (χ0) is 61.8. The molecule has 0 radical (unpaired) electrons. The van der Waals surface area contributed by atoms with Crippen LogP contribution in [0.3, 0.4) is 0 Å². The highest BCUT2D eigenvalue weighted by Gasteiger charge is 2.30. The van der Waals surface area contributed by atoms with E-state index >= 15 is 0 Å². The van der Waals surface area contributed by atoms with Crippen LogP contribution < -0.4 is 19.6 Å². The highest BCUT2D eigenvalue weighted by atomic mass is 32.2. The molecule has 0 saturated carbocycles. The summed E-state index contributed by atoms with van der Waals surface area (Å²) in [6.07, 6.45) is 0. The lowest BCUT2D eigenvalue weighted by atomic mass is 10.0. The molecule has 0 amide bonds. The molecule has 0 spiro atoms. The van der Waals surface area contributed by atoms with Crippen molar-refractivity contribution in [2.45, 2.75) is 19.6 Å². The van der Waals surface area contributed by atoms with Gasteiger partial charge >= 0.3 is 0 Å². The van der Waals surface area contributed by atoms with Crippen molar-refractivity contribution in [1.29, 1.82) is 0 Å². The minimum atomic E-state index is 1.09. The zero-order valence-corrected chi connectivity index (χ0v) is 52.5. The number of para-hydroxylation sites is 8.